The molecule has 1 aromatic carbocycles. The zero-order chi connectivity index (χ0) is 16.7. The largest absolute Gasteiger partial charge is 0.371 e. The lowest BCUT2D eigenvalue weighted by atomic mass is 9.98. The number of benzene rings is 1. The number of aromatic nitrogens is 1. The van der Waals surface area contributed by atoms with Crippen molar-refractivity contribution in [2.45, 2.75) is 45.9 Å². The standard InChI is InChI=1S/C17H22N4O2/c1-9(2)23-14-6-7-21-13(16(22)20-17(18)19)8-12-10(3)4-5-11(14)15(12)21/h4-5,8-9,14H,6-7H2,1-3H3,(H4,18,19,20,22). The van der Waals surface area contributed by atoms with E-state index in [1.165, 1.54) is 0 Å². The Bertz CT molecular complexity index is 801. The van der Waals surface area contributed by atoms with Gasteiger partial charge in [-0.15, -0.1) is 0 Å². The minimum Gasteiger partial charge on any atom is -0.371 e. The van der Waals surface area contributed by atoms with Crippen molar-refractivity contribution in [3.63, 3.8) is 0 Å². The predicted octanol–water partition coefficient (Wildman–Crippen LogP) is 2.23. The second-order valence-electron chi connectivity index (χ2n) is 6.22. The van der Waals surface area contributed by atoms with Crippen molar-refractivity contribution < 1.29 is 9.53 Å². The van der Waals surface area contributed by atoms with Gasteiger partial charge < -0.3 is 20.8 Å². The van der Waals surface area contributed by atoms with E-state index in [9.17, 15) is 4.79 Å². The van der Waals surface area contributed by atoms with Crippen LogP contribution >= 0.6 is 0 Å². The van der Waals surface area contributed by atoms with E-state index in [1.54, 1.807) is 0 Å². The highest BCUT2D eigenvalue weighted by Crippen LogP contribution is 2.38. The van der Waals surface area contributed by atoms with Crippen LogP contribution in [0.1, 0.15) is 48.0 Å². The molecule has 2 aromatic rings. The molecule has 3 rings (SSSR count). The molecular formula is C17H22N4O2. The van der Waals surface area contributed by atoms with Crippen molar-refractivity contribution in [1.82, 2.24) is 4.57 Å². The Morgan fingerprint density at radius 1 is 1.39 bits per heavy atom. The minimum absolute atomic E-state index is 0.0477. The SMILES string of the molecule is Cc1ccc2c3c1cc(C(=O)N=C(N)N)n3CCC2OC(C)C. The van der Waals surface area contributed by atoms with E-state index in [0.29, 0.717) is 12.2 Å². The summed E-state index contributed by atoms with van der Waals surface area (Å²) >= 11 is 0. The first-order valence-electron chi connectivity index (χ1n) is 7.80. The summed E-state index contributed by atoms with van der Waals surface area (Å²) in [5, 5.41) is 1.05. The molecule has 1 amide bonds. The Hall–Kier alpha value is -2.34. The summed E-state index contributed by atoms with van der Waals surface area (Å²) in [5.74, 6) is -0.628. The van der Waals surface area contributed by atoms with Crippen LogP contribution in [0.4, 0.5) is 0 Å². The fourth-order valence-corrected chi connectivity index (χ4v) is 3.26. The first kappa shape index (κ1) is 15.6. The predicted molar refractivity (Wildman–Crippen MR) is 90.4 cm³/mol. The van der Waals surface area contributed by atoms with Crippen molar-refractivity contribution in [2.75, 3.05) is 0 Å². The summed E-state index contributed by atoms with van der Waals surface area (Å²) in [6.07, 6.45) is 1.02. The van der Waals surface area contributed by atoms with Crippen molar-refractivity contribution in [2.24, 2.45) is 16.5 Å². The molecule has 0 aliphatic carbocycles. The number of hydrogen-bond acceptors (Lipinski definition) is 2. The lowest BCUT2D eigenvalue weighted by molar-refractivity contribution is -0.00239. The van der Waals surface area contributed by atoms with Gasteiger partial charge in [-0.25, -0.2) is 0 Å². The second-order valence-corrected chi connectivity index (χ2v) is 6.22. The average Bonchev–Trinajstić information content (AvgIpc) is 2.84. The van der Waals surface area contributed by atoms with Crippen molar-refractivity contribution in [3.05, 3.63) is 35.0 Å². The lowest BCUT2D eigenvalue weighted by Crippen LogP contribution is -2.25. The quantitative estimate of drug-likeness (QED) is 0.671. The summed E-state index contributed by atoms with van der Waals surface area (Å²) < 4.78 is 8.05. The minimum atomic E-state index is -0.408. The van der Waals surface area contributed by atoms with Crippen LogP contribution in [0, 0.1) is 6.92 Å². The molecule has 1 aliphatic heterocycles. The van der Waals surface area contributed by atoms with E-state index < -0.39 is 5.91 Å². The van der Waals surface area contributed by atoms with Gasteiger partial charge in [0.05, 0.1) is 17.7 Å². The van der Waals surface area contributed by atoms with Crippen LogP contribution in [0.3, 0.4) is 0 Å². The summed E-state index contributed by atoms with van der Waals surface area (Å²) in [7, 11) is 0. The molecule has 1 unspecified atom stereocenters. The van der Waals surface area contributed by atoms with Gasteiger partial charge in [0.2, 0.25) is 0 Å². The van der Waals surface area contributed by atoms with Gasteiger partial charge in [-0.3, -0.25) is 4.79 Å². The molecule has 1 aliphatic rings. The van der Waals surface area contributed by atoms with Gasteiger partial charge in [-0.1, -0.05) is 12.1 Å². The number of guanidine groups is 1. The molecule has 1 atom stereocenters. The van der Waals surface area contributed by atoms with Crippen LogP contribution in [0.2, 0.25) is 0 Å². The molecule has 6 nitrogen and oxygen atoms in total. The monoisotopic (exact) mass is 314 g/mol. The van der Waals surface area contributed by atoms with Gasteiger partial charge in [-0.05, 0) is 38.8 Å². The smallest absolute Gasteiger partial charge is 0.296 e. The first-order valence-corrected chi connectivity index (χ1v) is 7.80. The van der Waals surface area contributed by atoms with Crippen molar-refractivity contribution in [1.29, 1.82) is 0 Å². The van der Waals surface area contributed by atoms with Gasteiger partial charge in [0.15, 0.2) is 5.96 Å². The number of aliphatic imine (C=N–C) groups is 1. The maximum atomic E-state index is 12.3. The van der Waals surface area contributed by atoms with Gasteiger partial charge >= 0.3 is 0 Å². The summed E-state index contributed by atoms with van der Waals surface area (Å²) in [5.41, 5.74) is 14.5. The van der Waals surface area contributed by atoms with Gasteiger partial charge in [0, 0.05) is 17.5 Å². The average molecular weight is 314 g/mol. The molecule has 4 N–H and O–H groups in total. The molecule has 0 saturated carbocycles. The Morgan fingerprint density at radius 2 is 2.13 bits per heavy atom. The third-order valence-corrected chi connectivity index (χ3v) is 4.16. The normalized spacial score (nSPS) is 16.8. The Labute approximate surface area is 135 Å². The molecule has 1 aromatic heterocycles. The number of carbonyl (C=O) groups is 1. The van der Waals surface area contributed by atoms with Crippen LogP contribution in [0.25, 0.3) is 10.9 Å². The number of carbonyl (C=O) groups excluding carboxylic acids is 1. The zero-order valence-corrected chi connectivity index (χ0v) is 13.7. The van der Waals surface area contributed by atoms with Gasteiger partial charge in [0.1, 0.15) is 5.69 Å². The third-order valence-electron chi connectivity index (χ3n) is 4.16. The zero-order valence-electron chi connectivity index (χ0n) is 13.7. The van der Waals surface area contributed by atoms with Crippen molar-refractivity contribution >= 4 is 22.8 Å². The highest BCUT2D eigenvalue weighted by Gasteiger charge is 2.27. The van der Waals surface area contributed by atoms with Crippen LogP contribution < -0.4 is 11.5 Å². The fraction of sp³-hybridized carbons (Fsp3) is 0.412. The van der Waals surface area contributed by atoms with Crippen LogP contribution in [0.5, 0.6) is 0 Å². The highest BCUT2D eigenvalue weighted by molar-refractivity contribution is 6.05. The van der Waals surface area contributed by atoms with E-state index in [2.05, 4.69) is 17.1 Å². The molecule has 0 saturated heterocycles. The number of aryl methyl sites for hydroxylation is 2. The lowest BCUT2D eigenvalue weighted by Gasteiger charge is -2.28. The summed E-state index contributed by atoms with van der Waals surface area (Å²) in [6.45, 7) is 6.81. The fourth-order valence-electron chi connectivity index (χ4n) is 3.26. The molecule has 23 heavy (non-hydrogen) atoms. The summed E-state index contributed by atoms with van der Waals surface area (Å²) in [4.78, 5) is 16.0. The van der Waals surface area contributed by atoms with E-state index in [0.717, 1.165) is 28.5 Å². The Balaban J connectivity index is 2.19. The number of hydrogen-bond donors (Lipinski definition) is 2. The second kappa shape index (κ2) is 5.70. The molecule has 0 spiro atoms. The molecule has 2 heterocycles. The van der Waals surface area contributed by atoms with E-state index >= 15 is 0 Å². The topological polar surface area (TPSA) is 95.6 Å². The molecule has 0 fully saturated rings. The Kier molecular flexibility index (Phi) is 3.85. The number of amides is 1. The number of nitrogens with zero attached hydrogens (tertiary/aromatic N) is 2. The van der Waals surface area contributed by atoms with Crippen LogP contribution in [-0.4, -0.2) is 22.5 Å². The van der Waals surface area contributed by atoms with E-state index in [-0.39, 0.29) is 18.2 Å². The van der Waals surface area contributed by atoms with Crippen LogP contribution in [-0.2, 0) is 11.3 Å². The number of rotatable bonds is 3. The van der Waals surface area contributed by atoms with Crippen molar-refractivity contribution in [3.8, 4) is 0 Å². The maximum absolute atomic E-state index is 12.3. The Morgan fingerprint density at radius 3 is 2.78 bits per heavy atom. The molecule has 0 bridgehead atoms. The van der Waals surface area contributed by atoms with E-state index in [4.69, 9.17) is 16.2 Å². The molecular weight excluding hydrogens is 292 g/mol. The van der Waals surface area contributed by atoms with Gasteiger partial charge in [0.25, 0.3) is 5.91 Å². The molecule has 6 heteroatoms. The van der Waals surface area contributed by atoms with E-state index in [1.807, 2.05) is 31.4 Å². The first-order chi connectivity index (χ1) is 10.9. The van der Waals surface area contributed by atoms with Crippen LogP contribution in [0.15, 0.2) is 23.2 Å². The number of ether oxygens (including phenoxy) is 1. The molecule has 122 valence electrons. The van der Waals surface area contributed by atoms with Gasteiger partial charge in [-0.2, -0.15) is 4.99 Å². The highest BCUT2D eigenvalue weighted by atomic mass is 16.5. The number of nitrogens with two attached hydrogens (primary N) is 2. The third kappa shape index (κ3) is 2.70. The summed E-state index contributed by atoms with van der Waals surface area (Å²) in [6, 6.07) is 6.04. The maximum Gasteiger partial charge on any atom is 0.296 e. The molecule has 0 radical (unpaired) electrons.